The number of rotatable bonds is 3. The minimum absolute atomic E-state index is 0.0109. The number of anilines is 1. The van der Waals surface area contributed by atoms with Gasteiger partial charge in [0.15, 0.2) is 0 Å². The third-order valence-electron chi connectivity index (χ3n) is 3.45. The third kappa shape index (κ3) is 4.04. The maximum atomic E-state index is 12.6. The fourth-order valence-corrected chi connectivity index (χ4v) is 2.26. The summed E-state index contributed by atoms with van der Waals surface area (Å²) in [6, 6.07) is 0.0624. The van der Waals surface area contributed by atoms with Crippen LogP contribution in [0.1, 0.15) is 25.1 Å². The number of aryl methyl sites for hydroxylation is 1. The van der Waals surface area contributed by atoms with E-state index in [1.54, 1.807) is 0 Å². The molecular formula is C13H19F3N4O. The van der Waals surface area contributed by atoms with Gasteiger partial charge < -0.3 is 15.4 Å². The minimum Gasteiger partial charge on any atom is -0.373 e. The molecule has 0 radical (unpaired) electrons. The molecule has 5 nitrogen and oxygen atoms in total. The number of ether oxygens (including phenoxy) is 1. The maximum Gasteiger partial charge on any atom is 0.419 e. The van der Waals surface area contributed by atoms with Crippen molar-refractivity contribution in [1.29, 1.82) is 0 Å². The van der Waals surface area contributed by atoms with Crippen LogP contribution in [0.25, 0.3) is 0 Å². The second-order valence-corrected chi connectivity index (χ2v) is 5.24. The average molecular weight is 304 g/mol. The van der Waals surface area contributed by atoms with Gasteiger partial charge in [-0.2, -0.15) is 13.2 Å². The molecule has 1 aliphatic rings. The first-order chi connectivity index (χ1) is 9.77. The summed E-state index contributed by atoms with van der Waals surface area (Å²) < 4.78 is 43.5. The molecule has 0 aliphatic carbocycles. The zero-order valence-corrected chi connectivity index (χ0v) is 12.2. The van der Waals surface area contributed by atoms with Crippen LogP contribution in [0.3, 0.4) is 0 Å². The summed E-state index contributed by atoms with van der Waals surface area (Å²) in [7, 11) is 0. The molecule has 8 heteroatoms. The van der Waals surface area contributed by atoms with Gasteiger partial charge in [0.05, 0.1) is 29.5 Å². The number of hydrogen-bond acceptors (Lipinski definition) is 5. The third-order valence-corrected chi connectivity index (χ3v) is 3.45. The van der Waals surface area contributed by atoms with Crippen molar-refractivity contribution in [1.82, 2.24) is 15.3 Å². The fourth-order valence-electron chi connectivity index (χ4n) is 2.26. The highest BCUT2D eigenvalue weighted by molar-refractivity contribution is 5.30. The molecular weight excluding hydrogens is 285 g/mol. The zero-order chi connectivity index (χ0) is 15.6. The Morgan fingerprint density at radius 2 is 2.14 bits per heavy atom. The van der Waals surface area contributed by atoms with Crippen LogP contribution in [0, 0.1) is 6.92 Å². The van der Waals surface area contributed by atoms with Crippen LogP contribution in [0.5, 0.6) is 0 Å². The molecule has 1 aromatic heterocycles. The molecule has 2 rings (SSSR count). The average Bonchev–Trinajstić information content (AvgIpc) is 2.36. The van der Waals surface area contributed by atoms with Gasteiger partial charge in [0.25, 0.3) is 0 Å². The molecule has 0 saturated carbocycles. The molecule has 0 amide bonds. The Morgan fingerprint density at radius 3 is 2.71 bits per heavy atom. The predicted molar refractivity (Wildman–Crippen MR) is 72.1 cm³/mol. The van der Waals surface area contributed by atoms with Crippen molar-refractivity contribution < 1.29 is 17.9 Å². The number of hydrogen-bond donors (Lipinski definition) is 2. The van der Waals surface area contributed by atoms with Crippen molar-refractivity contribution in [3.05, 3.63) is 17.5 Å². The fraction of sp³-hybridized carbons (Fsp3) is 0.692. The molecule has 118 valence electrons. The first-order valence-electron chi connectivity index (χ1n) is 6.81. The molecule has 2 N–H and O–H groups in total. The van der Waals surface area contributed by atoms with Crippen molar-refractivity contribution in [3.8, 4) is 0 Å². The molecule has 1 fully saturated rings. The smallest absolute Gasteiger partial charge is 0.373 e. The number of nitrogens with one attached hydrogen (secondary N) is 2. The largest absolute Gasteiger partial charge is 0.419 e. The van der Waals surface area contributed by atoms with E-state index >= 15 is 0 Å². The van der Waals surface area contributed by atoms with Crippen molar-refractivity contribution in [2.75, 3.05) is 18.4 Å². The monoisotopic (exact) mass is 304 g/mol. The minimum atomic E-state index is -4.42. The lowest BCUT2D eigenvalue weighted by atomic mass is 10.1. The molecule has 2 heterocycles. The molecule has 0 aromatic carbocycles. The van der Waals surface area contributed by atoms with Crippen molar-refractivity contribution in [2.45, 2.75) is 45.2 Å². The van der Waals surface area contributed by atoms with E-state index in [4.69, 9.17) is 4.74 Å². The molecule has 21 heavy (non-hydrogen) atoms. The van der Waals surface area contributed by atoms with Gasteiger partial charge >= 0.3 is 6.18 Å². The lowest BCUT2D eigenvalue weighted by Crippen LogP contribution is -2.53. The molecule has 1 aromatic rings. The molecule has 1 aliphatic heterocycles. The van der Waals surface area contributed by atoms with Crippen LogP contribution in [0.4, 0.5) is 19.1 Å². The first kappa shape index (κ1) is 16.0. The standard InChI is InChI=1S/C13H19F3N4O/c1-7-4-17-11(9(3)21-7)6-19-12-18-5-10(8(2)20-12)13(14,15)16/h5,7,9,11,17H,4,6H2,1-3H3,(H,18,19,20)/t7-,9+,11-/m1/s1. The van der Waals surface area contributed by atoms with E-state index in [1.165, 1.54) is 6.92 Å². The van der Waals surface area contributed by atoms with Crippen LogP contribution < -0.4 is 10.6 Å². The van der Waals surface area contributed by atoms with Gasteiger partial charge in [-0.25, -0.2) is 9.97 Å². The number of halogens is 3. The lowest BCUT2D eigenvalue weighted by molar-refractivity contribution is -0.138. The Bertz CT molecular complexity index is 495. The van der Waals surface area contributed by atoms with E-state index in [2.05, 4.69) is 20.6 Å². The maximum absolute atomic E-state index is 12.6. The zero-order valence-electron chi connectivity index (χ0n) is 12.2. The Kier molecular flexibility index (Phi) is 4.67. The van der Waals surface area contributed by atoms with E-state index in [1.807, 2.05) is 13.8 Å². The Labute approximate surface area is 121 Å². The summed E-state index contributed by atoms with van der Waals surface area (Å²) in [5.41, 5.74) is -0.899. The van der Waals surface area contributed by atoms with Gasteiger partial charge in [-0.15, -0.1) is 0 Å². The number of alkyl halides is 3. The highest BCUT2D eigenvalue weighted by Crippen LogP contribution is 2.30. The van der Waals surface area contributed by atoms with Crippen LogP contribution in [-0.2, 0) is 10.9 Å². The van der Waals surface area contributed by atoms with E-state index in [9.17, 15) is 13.2 Å². The van der Waals surface area contributed by atoms with E-state index in [-0.39, 0.29) is 29.9 Å². The molecule has 0 bridgehead atoms. The van der Waals surface area contributed by atoms with Crippen LogP contribution >= 0.6 is 0 Å². The van der Waals surface area contributed by atoms with E-state index in [0.717, 1.165) is 12.7 Å². The van der Waals surface area contributed by atoms with Gasteiger partial charge in [0, 0.05) is 19.3 Å². The van der Waals surface area contributed by atoms with Crippen LogP contribution in [-0.4, -0.2) is 41.3 Å². The Hall–Kier alpha value is -1.41. The Morgan fingerprint density at radius 1 is 1.43 bits per heavy atom. The summed E-state index contributed by atoms with van der Waals surface area (Å²) in [5, 5.41) is 6.26. The van der Waals surface area contributed by atoms with E-state index in [0.29, 0.717) is 6.54 Å². The normalized spacial score (nSPS) is 26.7. The molecule has 0 spiro atoms. The van der Waals surface area contributed by atoms with Crippen molar-refractivity contribution >= 4 is 5.95 Å². The van der Waals surface area contributed by atoms with Crippen molar-refractivity contribution in [3.63, 3.8) is 0 Å². The summed E-state index contributed by atoms with van der Waals surface area (Å²) in [5.74, 6) is 0.188. The summed E-state index contributed by atoms with van der Waals surface area (Å²) in [6.07, 6.45) is -3.45. The van der Waals surface area contributed by atoms with Crippen LogP contribution in [0.15, 0.2) is 6.20 Å². The topological polar surface area (TPSA) is 59.1 Å². The van der Waals surface area contributed by atoms with Crippen LogP contribution in [0.2, 0.25) is 0 Å². The highest BCUT2D eigenvalue weighted by atomic mass is 19.4. The molecule has 1 saturated heterocycles. The number of nitrogens with zero attached hydrogens (tertiary/aromatic N) is 2. The summed E-state index contributed by atoms with van der Waals surface area (Å²) in [4.78, 5) is 7.57. The second-order valence-electron chi connectivity index (χ2n) is 5.24. The summed E-state index contributed by atoms with van der Waals surface area (Å²) in [6.45, 7) is 6.48. The predicted octanol–water partition coefficient (Wildman–Crippen LogP) is 1.98. The molecule has 3 atom stereocenters. The summed E-state index contributed by atoms with van der Waals surface area (Å²) >= 11 is 0. The van der Waals surface area contributed by atoms with Crippen molar-refractivity contribution in [2.24, 2.45) is 0 Å². The van der Waals surface area contributed by atoms with Gasteiger partial charge in [-0.3, -0.25) is 0 Å². The second kappa shape index (κ2) is 6.15. The Balaban J connectivity index is 1.96. The van der Waals surface area contributed by atoms with Gasteiger partial charge in [-0.05, 0) is 20.8 Å². The SMILES string of the molecule is Cc1nc(NC[C@H]2NC[C@@H](C)O[C@H]2C)ncc1C(F)(F)F. The van der Waals surface area contributed by atoms with Gasteiger partial charge in [0.1, 0.15) is 0 Å². The lowest BCUT2D eigenvalue weighted by Gasteiger charge is -2.34. The van der Waals surface area contributed by atoms with Gasteiger partial charge in [0.2, 0.25) is 5.95 Å². The first-order valence-corrected chi connectivity index (χ1v) is 6.81. The highest BCUT2D eigenvalue weighted by Gasteiger charge is 2.33. The number of aromatic nitrogens is 2. The number of morpholine rings is 1. The van der Waals surface area contributed by atoms with Gasteiger partial charge in [-0.1, -0.05) is 0 Å². The quantitative estimate of drug-likeness (QED) is 0.894. The molecule has 0 unspecified atom stereocenters. The van der Waals surface area contributed by atoms with E-state index < -0.39 is 11.7 Å².